The molecule has 1 aromatic carbocycles. The average Bonchev–Trinajstić information content (AvgIpc) is 2.16. The quantitative estimate of drug-likeness (QED) is 0.753. The number of nitrogens with one attached hydrogen (secondary N) is 2. The first kappa shape index (κ1) is 12.6. The zero-order valence-corrected chi connectivity index (χ0v) is 10.3. The molecule has 84 valence electrons. The maximum absolute atomic E-state index is 5.88. The van der Waals surface area contributed by atoms with E-state index in [2.05, 4.69) is 10.6 Å². The van der Waals surface area contributed by atoms with Gasteiger partial charge in [0.25, 0.3) is 0 Å². The second-order valence-electron chi connectivity index (χ2n) is 3.40. The van der Waals surface area contributed by atoms with Crippen LogP contribution in [0.2, 0.25) is 10.0 Å². The molecule has 0 atom stereocenters. The highest BCUT2D eigenvalue weighted by Crippen LogP contribution is 2.22. The maximum Gasteiger partial charge on any atom is 0.0441 e. The Morgan fingerprint density at radius 1 is 1.00 bits per heavy atom. The topological polar surface area (TPSA) is 24.1 Å². The lowest BCUT2D eigenvalue weighted by atomic mass is 10.3. The molecular formula is C11H16Cl2N2. The molecule has 0 heterocycles. The molecule has 0 spiro atoms. The molecule has 0 saturated carbocycles. The van der Waals surface area contributed by atoms with E-state index >= 15 is 0 Å². The third kappa shape index (κ3) is 5.26. The van der Waals surface area contributed by atoms with E-state index in [1.54, 1.807) is 6.07 Å². The molecule has 0 aliphatic heterocycles. The van der Waals surface area contributed by atoms with Crippen molar-refractivity contribution >= 4 is 28.9 Å². The highest BCUT2D eigenvalue weighted by molar-refractivity contribution is 6.35. The fourth-order valence-corrected chi connectivity index (χ4v) is 1.84. The Labute approximate surface area is 101 Å². The van der Waals surface area contributed by atoms with Gasteiger partial charge in [-0.15, -0.1) is 0 Å². The lowest BCUT2D eigenvalue weighted by Crippen LogP contribution is -2.10. The van der Waals surface area contributed by atoms with Gasteiger partial charge in [-0.05, 0) is 44.6 Å². The molecule has 0 aliphatic carbocycles. The molecule has 0 unspecified atom stereocenters. The Hall–Kier alpha value is -0.440. The number of unbranched alkanes of at least 4 members (excludes halogenated alkanes) is 1. The largest absolute Gasteiger partial charge is 0.385 e. The molecule has 2 nitrogen and oxygen atoms in total. The lowest BCUT2D eigenvalue weighted by Gasteiger charge is -2.07. The second kappa shape index (κ2) is 6.94. The minimum atomic E-state index is 0.667. The number of benzene rings is 1. The number of anilines is 1. The zero-order chi connectivity index (χ0) is 11.1. The Bertz CT molecular complexity index is 282. The summed E-state index contributed by atoms with van der Waals surface area (Å²) in [6.45, 7) is 2.00. The Morgan fingerprint density at radius 2 is 1.60 bits per heavy atom. The van der Waals surface area contributed by atoms with Crippen LogP contribution in [0.1, 0.15) is 12.8 Å². The van der Waals surface area contributed by atoms with Crippen LogP contribution in [0.25, 0.3) is 0 Å². The maximum atomic E-state index is 5.88. The number of rotatable bonds is 6. The molecule has 0 bridgehead atoms. The molecule has 0 aromatic heterocycles. The van der Waals surface area contributed by atoms with Gasteiger partial charge in [0.05, 0.1) is 0 Å². The van der Waals surface area contributed by atoms with Crippen LogP contribution < -0.4 is 10.6 Å². The highest BCUT2D eigenvalue weighted by atomic mass is 35.5. The zero-order valence-electron chi connectivity index (χ0n) is 8.82. The molecule has 0 fully saturated rings. The van der Waals surface area contributed by atoms with Crippen molar-refractivity contribution < 1.29 is 0 Å². The van der Waals surface area contributed by atoms with Crippen LogP contribution in [0.3, 0.4) is 0 Å². The fraction of sp³-hybridized carbons (Fsp3) is 0.455. The van der Waals surface area contributed by atoms with Crippen molar-refractivity contribution in [2.75, 3.05) is 25.5 Å². The second-order valence-corrected chi connectivity index (χ2v) is 4.27. The smallest absolute Gasteiger partial charge is 0.0441 e. The third-order valence-electron chi connectivity index (χ3n) is 2.05. The van der Waals surface area contributed by atoms with Gasteiger partial charge in [-0.1, -0.05) is 23.2 Å². The average molecular weight is 247 g/mol. The Kier molecular flexibility index (Phi) is 5.84. The summed E-state index contributed by atoms with van der Waals surface area (Å²) >= 11 is 11.8. The van der Waals surface area contributed by atoms with E-state index in [0.717, 1.165) is 31.6 Å². The number of hydrogen-bond acceptors (Lipinski definition) is 2. The van der Waals surface area contributed by atoms with Crippen LogP contribution in [0.15, 0.2) is 18.2 Å². The van der Waals surface area contributed by atoms with Gasteiger partial charge in [-0.2, -0.15) is 0 Å². The van der Waals surface area contributed by atoms with Gasteiger partial charge in [0.15, 0.2) is 0 Å². The Balaban J connectivity index is 2.31. The van der Waals surface area contributed by atoms with E-state index < -0.39 is 0 Å². The molecule has 0 aliphatic rings. The molecule has 1 aromatic rings. The van der Waals surface area contributed by atoms with Gasteiger partial charge >= 0.3 is 0 Å². The van der Waals surface area contributed by atoms with E-state index in [9.17, 15) is 0 Å². The molecule has 1 rings (SSSR count). The van der Waals surface area contributed by atoms with Gasteiger partial charge in [-0.3, -0.25) is 0 Å². The minimum absolute atomic E-state index is 0.667. The fourth-order valence-electron chi connectivity index (χ4n) is 1.32. The predicted octanol–water partition coefficient (Wildman–Crippen LogP) is 3.40. The summed E-state index contributed by atoms with van der Waals surface area (Å²) in [5.74, 6) is 0. The van der Waals surface area contributed by atoms with Gasteiger partial charge in [0.1, 0.15) is 0 Å². The molecule has 0 amide bonds. The standard InChI is InChI=1S/C11H16Cl2N2/c1-14-4-2-3-5-15-11-7-9(12)6-10(13)8-11/h6-8,14-15H,2-5H2,1H3. The first-order valence-electron chi connectivity index (χ1n) is 5.07. The van der Waals surface area contributed by atoms with Gasteiger partial charge in [0.2, 0.25) is 0 Å². The SMILES string of the molecule is CNCCCCNc1cc(Cl)cc(Cl)c1. The third-order valence-corrected chi connectivity index (χ3v) is 2.48. The normalized spacial score (nSPS) is 10.3. The van der Waals surface area contributed by atoms with Crippen molar-refractivity contribution in [3.63, 3.8) is 0 Å². The van der Waals surface area contributed by atoms with Gasteiger partial charge < -0.3 is 10.6 Å². The summed E-state index contributed by atoms with van der Waals surface area (Å²) in [7, 11) is 1.96. The molecule has 4 heteroatoms. The Morgan fingerprint density at radius 3 is 2.20 bits per heavy atom. The minimum Gasteiger partial charge on any atom is -0.385 e. The van der Waals surface area contributed by atoms with E-state index in [0.29, 0.717) is 10.0 Å². The monoisotopic (exact) mass is 246 g/mol. The van der Waals surface area contributed by atoms with Crippen molar-refractivity contribution in [1.29, 1.82) is 0 Å². The molecule has 0 radical (unpaired) electrons. The summed E-state index contributed by atoms with van der Waals surface area (Å²) in [5.41, 5.74) is 0.983. The summed E-state index contributed by atoms with van der Waals surface area (Å²) < 4.78 is 0. The predicted molar refractivity (Wildman–Crippen MR) is 68.1 cm³/mol. The van der Waals surface area contributed by atoms with Crippen LogP contribution >= 0.6 is 23.2 Å². The van der Waals surface area contributed by atoms with Crippen molar-refractivity contribution in [2.24, 2.45) is 0 Å². The van der Waals surface area contributed by atoms with E-state index in [4.69, 9.17) is 23.2 Å². The van der Waals surface area contributed by atoms with Crippen LogP contribution in [-0.2, 0) is 0 Å². The number of halogens is 2. The van der Waals surface area contributed by atoms with Crippen LogP contribution in [-0.4, -0.2) is 20.1 Å². The summed E-state index contributed by atoms with van der Waals surface area (Å²) in [6.07, 6.45) is 2.29. The van der Waals surface area contributed by atoms with E-state index in [1.807, 2.05) is 19.2 Å². The molecule has 2 N–H and O–H groups in total. The lowest BCUT2D eigenvalue weighted by molar-refractivity contribution is 0.694. The van der Waals surface area contributed by atoms with Gasteiger partial charge in [0, 0.05) is 22.3 Å². The summed E-state index contributed by atoms with van der Waals surface area (Å²) in [4.78, 5) is 0. The van der Waals surface area contributed by atoms with Crippen molar-refractivity contribution in [1.82, 2.24) is 5.32 Å². The summed E-state index contributed by atoms with van der Waals surface area (Å²) in [6, 6.07) is 5.49. The first-order valence-corrected chi connectivity index (χ1v) is 5.82. The van der Waals surface area contributed by atoms with Crippen molar-refractivity contribution in [3.05, 3.63) is 28.2 Å². The van der Waals surface area contributed by atoms with Gasteiger partial charge in [-0.25, -0.2) is 0 Å². The van der Waals surface area contributed by atoms with E-state index in [-0.39, 0.29) is 0 Å². The van der Waals surface area contributed by atoms with Crippen molar-refractivity contribution in [2.45, 2.75) is 12.8 Å². The van der Waals surface area contributed by atoms with Crippen molar-refractivity contribution in [3.8, 4) is 0 Å². The first-order chi connectivity index (χ1) is 7.22. The van der Waals surface area contributed by atoms with E-state index in [1.165, 1.54) is 0 Å². The van der Waals surface area contributed by atoms with Crippen LogP contribution in [0.5, 0.6) is 0 Å². The molecule has 0 saturated heterocycles. The molecule has 15 heavy (non-hydrogen) atoms. The van der Waals surface area contributed by atoms with Crippen LogP contribution in [0.4, 0.5) is 5.69 Å². The number of hydrogen-bond donors (Lipinski definition) is 2. The summed E-state index contributed by atoms with van der Waals surface area (Å²) in [5, 5.41) is 7.74. The molecular weight excluding hydrogens is 231 g/mol. The van der Waals surface area contributed by atoms with Crippen LogP contribution in [0, 0.1) is 0 Å². The highest BCUT2D eigenvalue weighted by Gasteiger charge is 1.97.